The first-order valence-electron chi connectivity index (χ1n) is 8.19. The van der Waals surface area contributed by atoms with Gasteiger partial charge in [0.2, 0.25) is 0 Å². The number of methoxy groups -OCH3 is 4. The van der Waals surface area contributed by atoms with Crippen LogP contribution in [0.4, 0.5) is 0 Å². The number of carboxylic acids is 2. The van der Waals surface area contributed by atoms with Crippen molar-refractivity contribution in [2.75, 3.05) is 28.4 Å². The van der Waals surface area contributed by atoms with Crippen LogP contribution < -0.4 is 18.9 Å². The lowest BCUT2D eigenvalue weighted by molar-refractivity contribution is -0.137. The van der Waals surface area contributed by atoms with Gasteiger partial charge in [0.15, 0.2) is 0 Å². The van der Waals surface area contributed by atoms with E-state index in [0.717, 1.165) is 0 Å². The Hall–Kier alpha value is -3.42. The summed E-state index contributed by atoms with van der Waals surface area (Å²) in [6.45, 7) is 0. The van der Waals surface area contributed by atoms with Crippen molar-refractivity contribution in [3.05, 3.63) is 47.5 Å². The first-order chi connectivity index (χ1) is 13.3. The number of benzene rings is 2. The summed E-state index contributed by atoms with van der Waals surface area (Å²) in [5.74, 6) is 0.619. The first-order valence-corrected chi connectivity index (χ1v) is 8.19. The molecule has 0 bridgehead atoms. The molecule has 152 valence electrons. The van der Waals surface area contributed by atoms with Crippen LogP contribution in [-0.4, -0.2) is 50.6 Å². The summed E-state index contributed by atoms with van der Waals surface area (Å²) in [7, 11) is 6.10. The minimum Gasteiger partial charge on any atom is -0.497 e. The van der Waals surface area contributed by atoms with E-state index >= 15 is 0 Å². The van der Waals surface area contributed by atoms with E-state index in [-0.39, 0.29) is 12.8 Å². The second-order valence-corrected chi connectivity index (χ2v) is 5.54. The van der Waals surface area contributed by atoms with Crippen LogP contribution in [0.3, 0.4) is 0 Å². The zero-order valence-corrected chi connectivity index (χ0v) is 16.2. The minimum absolute atomic E-state index is 0.0342. The average Bonchev–Trinajstić information content (AvgIpc) is 2.67. The van der Waals surface area contributed by atoms with Gasteiger partial charge in [0.05, 0.1) is 41.3 Å². The van der Waals surface area contributed by atoms with E-state index in [2.05, 4.69) is 0 Å². The largest absolute Gasteiger partial charge is 0.497 e. The maximum Gasteiger partial charge on any atom is 0.307 e. The average molecular weight is 392 g/mol. The highest BCUT2D eigenvalue weighted by molar-refractivity contribution is 5.71. The molecule has 2 aromatic carbocycles. The number of carbonyl (C=O) groups is 2. The zero-order valence-electron chi connectivity index (χ0n) is 16.2. The Kier molecular flexibility index (Phi) is 9.15. The lowest BCUT2D eigenvalue weighted by atomic mass is 10.1. The summed E-state index contributed by atoms with van der Waals surface area (Å²) in [5, 5.41) is 17.3. The summed E-state index contributed by atoms with van der Waals surface area (Å²) in [5.41, 5.74) is 1.27. The lowest BCUT2D eigenvalue weighted by Crippen LogP contribution is -2.02. The number of carboxylic acid groups (broad SMARTS) is 2. The smallest absolute Gasteiger partial charge is 0.307 e. The molecule has 2 N–H and O–H groups in total. The molecule has 0 amide bonds. The second kappa shape index (κ2) is 11.3. The number of hydrogen-bond acceptors (Lipinski definition) is 6. The standard InChI is InChI=1S/2C10H12O4/c1-13-8-3-7(5-10(11)12)4-9(6-8)14-2;1-13-8-3-4-9(14-2)7(5-8)6-10(11)12/h3-4,6H,5H2,1-2H3,(H,11,12);3-5H,6H2,1-2H3,(H,11,12). The van der Waals surface area contributed by atoms with Gasteiger partial charge in [-0.15, -0.1) is 0 Å². The molecule has 0 radical (unpaired) electrons. The maximum atomic E-state index is 10.5. The Bertz CT molecular complexity index is 779. The van der Waals surface area contributed by atoms with E-state index in [4.69, 9.17) is 29.2 Å². The minimum atomic E-state index is -0.892. The molecule has 0 aromatic heterocycles. The highest BCUT2D eigenvalue weighted by atomic mass is 16.5. The van der Waals surface area contributed by atoms with E-state index in [1.807, 2.05) is 0 Å². The molecule has 0 aliphatic rings. The summed E-state index contributed by atoms with van der Waals surface area (Å²) in [6, 6.07) is 10.1. The molecule has 0 fully saturated rings. The monoisotopic (exact) mass is 392 g/mol. The van der Waals surface area contributed by atoms with Crippen molar-refractivity contribution in [2.45, 2.75) is 12.8 Å². The van der Waals surface area contributed by atoms with Crippen LogP contribution in [-0.2, 0) is 22.4 Å². The fourth-order valence-corrected chi connectivity index (χ4v) is 2.33. The molecule has 0 spiro atoms. The van der Waals surface area contributed by atoms with Crippen molar-refractivity contribution >= 4 is 11.9 Å². The number of rotatable bonds is 8. The predicted octanol–water partition coefficient (Wildman–Crippen LogP) is 2.66. The van der Waals surface area contributed by atoms with Gasteiger partial charge in [-0.05, 0) is 35.9 Å². The highest BCUT2D eigenvalue weighted by Gasteiger charge is 2.08. The van der Waals surface area contributed by atoms with Gasteiger partial charge in [0, 0.05) is 11.6 Å². The van der Waals surface area contributed by atoms with E-state index in [1.54, 1.807) is 36.4 Å². The molecule has 0 atom stereocenters. The van der Waals surface area contributed by atoms with Crippen LogP contribution in [0.5, 0.6) is 23.0 Å². The van der Waals surface area contributed by atoms with Crippen LogP contribution in [0.25, 0.3) is 0 Å². The molecule has 0 heterocycles. The summed E-state index contributed by atoms with van der Waals surface area (Å²) < 4.78 is 20.0. The molecule has 8 nitrogen and oxygen atoms in total. The first kappa shape index (κ1) is 22.6. The molecule has 28 heavy (non-hydrogen) atoms. The zero-order chi connectivity index (χ0) is 21.1. The van der Waals surface area contributed by atoms with Crippen LogP contribution in [0, 0.1) is 0 Å². The number of aliphatic carboxylic acids is 2. The van der Waals surface area contributed by atoms with Crippen LogP contribution in [0.2, 0.25) is 0 Å². The van der Waals surface area contributed by atoms with Crippen molar-refractivity contribution in [1.82, 2.24) is 0 Å². The van der Waals surface area contributed by atoms with Crippen LogP contribution >= 0.6 is 0 Å². The van der Waals surface area contributed by atoms with Crippen LogP contribution in [0.15, 0.2) is 36.4 Å². The summed E-state index contributed by atoms with van der Waals surface area (Å²) >= 11 is 0. The van der Waals surface area contributed by atoms with Gasteiger partial charge in [-0.2, -0.15) is 0 Å². The normalized spacial score (nSPS) is 9.57. The quantitative estimate of drug-likeness (QED) is 0.705. The Morgan fingerprint density at radius 2 is 1.25 bits per heavy atom. The number of ether oxygens (including phenoxy) is 4. The Morgan fingerprint density at radius 3 is 1.68 bits per heavy atom. The molecule has 0 saturated carbocycles. The molecule has 0 aliphatic heterocycles. The second-order valence-electron chi connectivity index (χ2n) is 5.54. The van der Waals surface area contributed by atoms with Crippen molar-refractivity contribution in [1.29, 1.82) is 0 Å². The van der Waals surface area contributed by atoms with Gasteiger partial charge in [0.1, 0.15) is 23.0 Å². The fourth-order valence-electron chi connectivity index (χ4n) is 2.33. The topological polar surface area (TPSA) is 112 Å². The van der Waals surface area contributed by atoms with Crippen molar-refractivity contribution in [2.24, 2.45) is 0 Å². The molecular formula is C20H24O8. The third-order valence-electron chi connectivity index (χ3n) is 3.60. The SMILES string of the molecule is COc1cc(CC(=O)O)cc(OC)c1.COc1ccc(OC)c(CC(=O)O)c1. The third-order valence-corrected chi connectivity index (χ3v) is 3.60. The molecule has 0 unspecified atom stereocenters. The molecular weight excluding hydrogens is 368 g/mol. The third kappa shape index (κ3) is 7.45. The van der Waals surface area contributed by atoms with E-state index < -0.39 is 11.9 Å². The summed E-state index contributed by atoms with van der Waals surface area (Å²) in [6.07, 6.45) is -0.103. The molecule has 2 rings (SSSR count). The van der Waals surface area contributed by atoms with Gasteiger partial charge in [0.25, 0.3) is 0 Å². The lowest BCUT2D eigenvalue weighted by Gasteiger charge is -2.08. The Balaban J connectivity index is 0.000000280. The van der Waals surface area contributed by atoms with Crippen molar-refractivity contribution in [3.8, 4) is 23.0 Å². The number of hydrogen-bond donors (Lipinski definition) is 2. The molecule has 0 saturated heterocycles. The predicted molar refractivity (Wildman–Crippen MR) is 102 cm³/mol. The van der Waals surface area contributed by atoms with E-state index in [9.17, 15) is 9.59 Å². The highest BCUT2D eigenvalue weighted by Crippen LogP contribution is 2.24. The van der Waals surface area contributed by atoms with Gasteiger partial charge in [-0.3, -0.25) is 9.59 Å². The van der Waals surface area contributed by atoms with E-state index in [0.29, 0.717) is 34.1 Å². The van der Waals surface area contributed by atoms with Gasteiger partial charge in [-0.1, -0.05) is 0 Å². The molecule has 2 aromatic rings. The van der Waals surface area contributed by atoms with Gasteiger partial charge in [-0.25, -0.2) is 0 Å². The Labute approximate surface area is 163 Å². The van der Waals surface area contributed by atoms with Crippen molar-refractivity contribution < 1.29 is 38.7 Å². The van der Waals surface area contributed by atoms with Crippen LogP contribution in [0.1, 0.15) is 11.1 Å². The molecule has 0 aliphatic carbocycles. The Morgan fingerprint density at radius 1 is 0.714 bits per heavy atom. The van der Waals surface area contributed by atoms with Gasteiger partial charge >= 0.3 is 11.9 Å². The summed E-state index contributed by atoms with van der Waals surface area (Å²) in [4.78, 5) is 21.0. The molecule has 8 heteroatoms. The fraction of sp³-hybridized carbons (Fsp3) is 0.300. The van der Waals surface area contributed by atoms with Gasteiger partial charge < -0.3 is 29.2 Å². The maximum absolute atomic E-state index is 10.5. The van der Waals surface area contributed by atoms with Crippen molar-refractivity contribution in [3.63, 3.8) is 0 Å². The van der Waals surface area contributed by atoms with E-state index in [1.165, 1.54) is 28.4 Å².